The molecule has 3 rings (SSSR count). The first-order valence-corrected chi connectivity index (χ1v) is 8.62. The Morgan fingerprint density at radius 1 is 1.59 bits per heavy atom. The van der Waals surface area contributed by atoms with Crippen molar-refractivity contribution in [2.45, 2.75) is 44.9 Å². The number of rotatable bonds is 4. The van der Waals surface area contributed by atoms with Crippen molar-refractivity contribution in [1.82, 2.24) is 10.6 Å². The van der Waals surface area contributed by atoms with Crippen LogP contribution in [0.2, 0.25) is 0 Å². The zero-order valence-electron chi connectivity index (χ0n) is 13.3. The molecule has 2 amide bonds. The number of hydrogen-bond acceptors (Lipinski definition) is 4. The van der Waals surface area contributed by atoms with Crippen molar-refractivity contribution in [2.75, 3.05) is 13.2 Å². The van der Waals surface area contributed by atoms with Crippen molar-refractivity contribution < 1.29 is 14.6 Å². The van der Waals surface area contributed by atoms with E-state index in [-0.39, 0.29) is 30.1 Å². The first-order chi connectivity index (χ1) is 10.3. The van der Waals surface area contributed by atoms with Gasteiger partial charge in [0.25, 0.3) is 0 Å². The Balaban J connectivity index is 1.53. The monoisotopic (exact) mass is 324 g/mol. The van der Waals surface area contributed by atoms with Crippen molar-refractivity contribution in [2.24, 2.45) is 11.3 Å². The van der Waals surface area contributed by atoms with Gasteiger partial charge in [0.15, 0.2) is 0 Å². The summed E-state index contributed by atoms with van der Waals surface area (Å²) >= 11 is 1.49. The molecular formula is C16H24N2O3S. The molecule has 4 unspecified atom stereocenters. The Morgan fingerprint density at radius 2 is 2.36 bits per heavy atom. The number of urea groups is 1. The third-order valence-electron chi connectivity index (χ3n) is 5.03. The maximum atomic E-state index is 12.2. The second-order valence-electron chi connectivity index (χ2n) is 7.12. The van der Waals surface area contributed by atoms with Crippen LogP contribution in [0.4, 0.5) is 4.79 Å². The maximum absolute atomic E-state index is 12.2. The van der Waals surface area contributed by atoms with Crippen molar-refractivity contribution in [3.05, 3.63) is 22.4 Å². The van der Waals surface area contributed by atoms with E-state index in [2.05, 4.69) is 24.5 Å². The van der Waals surface area contributed by atoms with Crippen LogP contribution >= 0.6 is 11.3 Å². The van der Waals surface area contributed by atoms with E-state index in [1.807, 2.05) is 17.5 Å². The molecule has 0 spiro atoms. The third kappa shape index (κ3) is 2.64. The van der Waals surface area contributed by atoms with Gasteiger partial charge in [-0.05, 0) is 24.8 Å². The van der Waals surface area contributed by atoms with Gasteiger partial charge in [-0.3, -0.25) is 0 Å². The average Bonchev–Trinajstić information content (AvgIpc) is 3.12. The zero-order chi connectivity index (χ0) is 16.0. The van der Waals surface area contributed by atoms with Crippen molar-refractivity contribution in [3.8, 4) is 0 Å². The van der Waals surface area contributed by atoms with Crippen molar-refractivity contribution >= 4 is 17.4 Å². The van der Waals surface area contributed by atoms with Crippen molar-refractivity contribution in [1.29, 1.82) is 0 Å². The molecule has 3 N–H and O–H groups in total. The molecule has 0 radical (unpaired) electrons. The Labute approximate surface area is 135 Å². The predicted molar refractivity (Wildman–Crippen MR) is 85.8 cm³/mol. The lowest BCUT2D eigenvalue weighted by Crippen LogP contribution is -2.67. The van der Waals surface area contributed by atoms with Crippen LogP contribution < -0.4 is 10.6 Å². The largest absolute Gasteiger partial charge is 0.383 e. The molecule has 122 valence electrons. The average molecular weight is 324 g/mol. The van der Waals surface area contributed by atoms with Crippen LogP contribution in [0.1, 0.15) is 32.1 Å². The van der Waals surface area contributed by atoms with Gasteiger partial charge < -0.3 is 20.5 Å². The minimum absolute atomic E-state index is 0.0330. The van der Waals surface area contributed by atoms with Crippen LogP contribution in [0, 0.1) is 11.3 Å². The fourth-order valence-electron chi connectivity index (χ4n) is 3.73. The molecule has 2 aliphatic rings. The Bertz CT molecular complexity index is 542. The van der Waals surface area contributed by atoms with Gasteiger partial charge in [-0.25, -0.2) is 4.79 Å². The van der Waals surface area contributed by atoms with E-state index in [1.54, 1.807) is 6.92 Å². The van der Waals surface area contributed by atoms with E-state index >= 15 is 0 Å². The molecule has 1 saturated carbocycles. The quantitative estimate of drug-likeness (QED) is 0.794. The summed E-state index contributed by atoms with van der Waals surface area (Å²) in [6.45, 7) is 6.95. The van der Waals surface area contributed by atoms with Gasteiger partial charge in [0.2, 0.25) is 0 Å². The van der Waals surface area contributed by atoms with Gasteiger partial charge in [0.1, 0.15) is 5.60 Å². The summed E-state index contributed by atoms with van der Waals surface area (Å²) in [6.07, 6.45) is 1.26. The van der Waals surface area contributed by atoms with E-state index in [4.69, 9.17) is 4.74 Å². The van der Waals surface area contributed by atoms with Gasteiger partial charge in [-0.2, -0.15) is 0 Å². The number of amides is 2. The third-order valence-corrected chi connectivity index (χ3v) is 6.16. The lowest BCUT2D eigenvalue weighted by Gasteiger charge is -2.54. The Kier molecular flexibility index (Phi) is 3.95. The molecule has 4 atom stereocenters. The molecule has 1 aromatic rings. The number of ether oxygens (including phenoxy) is 1. The minimum atomic E-state index is -1.04. The molecule has 0 aromatic carbocycles. The fraction of sp³-hybridized carbons (Fsp3) is 0.688. The summed E-state index contributed by atoms with van der Waals surface area (Å²) in [6, 6.07) is 3.68. The van der Waals surface area contributed by atoms with Gasteiger partial charge in [0.05, 0.1) is 12.6 Å². The summed E-state index contributed by atoms with van der Waals surface area (Å²) in [5, 5.41) is 18.2. The lowest BCUT2D eigenvalue weighted by molar-refractivity contribution is -0.108. The van der Waals surface area contributed by atoms with Gasteiger partial charge in [-0.1, -0.05) is 19.9 Å². The highest BCUT2D eigenvalue weighted by molar-refractivity contribution is 7.10. The number of carbonyl (C=O) groups excluding carboxylic acids is 1. The number of nitrogens with one attached hydrogen (secondary N) is 2. The van der Waals surface area contributed by atoms with Crippen LogP contribution in [0.25, 0.3) is 0 Å². The first kappa shape index (κ1) is 15.8. The minimum Gasteiger partial charge on any atom is -0.383 e. The van der Waals surface area contributed by atoms with Gasteiger partial charge >= 0.3 is 6.03 Å². The van der Waals surface area contributed by atoms with E-state index in [9.17, 15) is 9.90 Å². The maximum Gasteiger partial charge on any atom is 0.315 e. The molecule has 5 nitrogen and oxygen atoms in total. The second-order valence-corrected chi connectivity index (χ2v) is 8.07. The molecule has 1 saturated heterocycles. The number of carbonyl (C=O) groups is 1. The number of aliphatic hydroxyl groups is 1. The first-order valence-electron chi connectivity index (χ1n) is 7.75. The Morgan fingerprint density at radius 3 is 3.05 bits per heavy atom. The number of thiophene rings is 1. The number of hydrogen-bond donors (Lipinski definition) is 3. The molecule has 22 heavy (non-hydrogen) atoms. The van der Waals surface area contributed by atoms with E-state index in [0.717, 1.165) is 17.9 Å². The summed E-state index contributed by atoms with van der Waals surface area (Å²) in [4.78, 5) is 13.0. The molecule has 2 heterocycles. The normalized spacial score (nSPS) is 31.7. The summed E-state index contributed by atoms with van der Waals surface area (Å²) in [7, 11) is 0. The summed E-state index contributed by atoms with van der Waals surface area (Å²) < 4.78 is 5.73. The Hall–Kier alpha value is -1.11. The standard InChI is InChI=1S/C16H24N2O3S/c1-15(2)12(10-6-7-21-13(10)15)18-14(19)17-9-16(3,20)11-5-4-8-22-11/h4-5,8,10,12-13,20H,6-7,9H2,1-3H3,(H2,17,18,19). The van der Waals surface area contributed by atoms with Crippen molar-refractivity contribution in [3.63, 3.8) is 0 Å². The SMILES string of the molecule is CC(O)(CNC(=O)NC1C2CCOC2C1(C)C)c1cccs1. The molecule has 0 bridgehead atoms. The molecular weight excluding hydrogens is 300 g/mol. The highest BCUT2D eigenvalue weighted by Crippen LogP contribution is 2.52. The zero-order valence-corrected chi connectivity index (χ0v) is 14.1. The van der Waals surface area contributed by atoms with E-state index < -0.39 is 5.60 Å². The highest BCUT2D eigenvalue weighted by atomic mass is 32.1. The smallest absolute Gasteiger partial charge is 0.315 e. The number of fused-ring (bicyclic) bond motifs is 1. The highest BCUT2D eigenvalue weighted by Gasteiger charge is 2.59. The molecule has 1 aliphatic carbocycles. The summed E-state index contributed by atoms with van der Waals surface area (Å²) in [5.41, 5.74) is -1.07. The summed E-state index contributed by atoms with van der Waals surface area (Å²) in [5.74, 6) is 0.415. The van der Waals surface area contributed by atoms with E-state index in [0.29, 0.717) is 5.92 Å². The van der Waals surface area contributed by atoms with Crippen LogP contribution in [0.3, 0.4) is 0 Å². The van der Waals surface area contributed by atoms with Crippen LogP contribution in [0.15, 0.2) is 17.5 Å². The van der Waals surface area contributed by atoms with Crippen LogP contribution in [0.5, 0.6) is 0 Å². The van der Waals surface area contributed by atoms with Crippen LogP contribution in [-0.2, 0) is 10.3 Å². The van der Waals surface area contributed by atoms with Gasteiger partial charge in [-0.15, -0.1) is 11.3 Å². The molecule has 2 fully saturated rings. The predicted octanol–water partition coefficient (Wildman–Crippen LogP) is 2.07. The van der Waals surface area contributed by atoms with Gasteiger partial charge in [0, 0.05) is 28.9 Å². The van der Waals surface area contributed by atoms with E-state index in [1.165, 1.54) is 11.3 Å². The second kappa shape index (κ2) is 5.51. The lowest BCUT2D eigenvalue weighted by atomic mass is 9.57. The molecule has 1 aliphatic heterocycles. The van der Waals surface area contributed by atoms with Crippen LogP contribution in [-0.4, -0.2) is 36.4 Å². The molecule has 1 aromatic heterocycles. The topological polar surface area (TPSA) is 70.6 Å². The molecule has 6 heteroatoms. The fourth-order valence-corrected chi connectivity index (χ4v) is 4.52.